The minimum absolute atomic E-state index is 0.0937. The second-order valence-corrected chi connectivity index (χ2v) is 8.34. The molecular formula is C19H19NO4S. The third-order valence-corrected chi connectivity index (χ3v) is 6.31. The molecule has 0 radical (unpaired) electrons. The van der Waals surface area contributed by atoms with Crippen molar-refractivity contribution in [2.75, 3.05) is 12.3 Å². The molecule has 0 aromatic heterocycles. The number of carbonyl (C=O) groups excluding carboxylic acids is 2. The lowest BCUT2D eigenvalue weighted by molar-refractivity contribution is 0.0654. The highest BCUT2D eigenvalue weighted by molar-refractivity contribution is 7.91. The van der Waals surface area contributed by atoms with Crippen molar-refractivity contribution in [3.63, 3.8) is 0 Å². The fourth-order valence-electron chi connectivity index (χ4n) is 2.88. The van der Waals surface area contributed by atoms with Gasteiger partial charge in [0.05, 0.1) is 21.8 Å². The maximum atomic E-state index is 12.5. The van der Waals surface area contributed by atoms with Crippen LogP contribution in [0.15, 0.2) is 47.4 Å². The normalized spacial score (nSPS) is 14.1. The first kappa shape index (κ1) is 17.4. The van der Waals surface area contributed by atoms with Crippen LogP contribution in [0.2, 0.25) is 0 Å². The van der Waals surface area contributed by atoms with Crippen molar-refractivity contribution in [1.82, 2.24) is 4.90 Å². The zero-order chi connectivity index (χ0) is 18.2. The number of hydrogen-bond acceptors (Lipinski definition) is 4. The molecule has 0 bridgehead atoms. The van der Waals surface area contributed by atoms with E-state index in [1.54, 1.807) is 42.5 Å². The molecule has 2 amide bonds. The van der Waals surface area contributed by atoms with Gasteiger partial charge in [0.25, 0.3) is 11.8 Å². The quantitative estimate of drug-likeness (QED) is 0.772. The van der Waals surface area contributed by atoms with Gasteiger partial charge in [0.15, 0.2) is 9.84 Å². The number of hydrogen-bond donors (Lipinski definition) is 0. The van der Waals surface area contributed by atoms with Gasteiger partial charge in [-0.25, -0.2) is 8.42 Å². The summed E-state index contributed by atoms with van der Waals surface area (Å²) in [6, 6.07) is 11.7. The summed E-state index contributed by atoms with van der Waals surface area (Å²) in [4.78, 5) is 25.9. The molecule has 3 rings (SSSR count). The molecule has 6 heteroatoms. The molecule has 0 unspecified atom stereocenters. The van der Waals surface area contributed by atoms with Gasteiger partial charge in [-0.15, -0.1) is 0 Å². The monoisotopic (exact) mass is 357 g/mol. The Morgan fingerprint density at radius 3 is 2.04 bits per heavy atom. The molecule has 0 atom stereocenters. The van der Waals surface area contributed by atoms with Crippen LogP contribution in [-0.4, -0.2) is 37.4 Å². The predicted molar refractivity (Wildman–Crippen MR) is 94.4 cm³/mol. The molecule has 1 aliphatic heterocycles. The van der Waals surface area contributed by atoms with E-state index in [1.165, 1.54) is 0 Å². The van der Waals surface area contributed by atoms with Gasteiger partial charge >= 0.3 is 0 Å². The average molecular weight is 357 g/mol. The minimum atomic E-state index is -3.44. The third-order valence-electron chi connectivity index (χ3n) is 4.51. The summed E-state index contributed by atoms with van der Waals surface area (Å²) in [5.41, 5.74) is 2.71. The lowest BCUT2D eigenvalue weighted by Gasteiger charge is -2.14. The lowest BCUT2D eigenvalue weighted by Crippen LogP contribution is -2.31. The summed E-state index contributed by atoms with van der Waals surface area (Å²) >= 11 is 0. The summed E-state index contributed by atoms with van der Waals surface area (Å²) in [7, 11) is -3.44. The molecule has 0 fully saturated rings. The Morgan fingerprint density at radius 2 is 1.48 bits per heavy atom. The molecule has 0 saturated carbocycles. The lowest BCUT2D eigenvalue weighted by atomic mass is 10.1. The number of sulfone groups is 1. The van der Waals surface area contributed by atoms with Crippen LogP contribution in [0.4, 0.5) is 0 Å². The Kier molecular flexibility index (Phi) is 4.47. The Hall–Kier alpha value is -2.47. The number of amides is 2. The molecule has 2 aromatic carbocycles. The van der Waals surface area contributed by atoms with E-state index in [4.69, 9.17) is 0 Å². The topological polar surface area (TPSA) is 71.5 Å². The highest BCUT2D eigenvalue weighted by Crippen LogP contribution is 2.23. The summed E-state index contributed by atoms with van der Waals surface area (Å²) in [6.45, 7) is 3.89. The van der Waals surface area contributed by atoms with Crippen molar-refractivity contribution < 1.29 is 18.0 Å². The maximum absolute atomic E-state index is 12.5. The van der Waals surface area contributed by atoms with Crippen LogP contribution in [0, 0.1) is 13.8 Å². The van der Waals surface area contributed by atoms with Gasteiger partial charge < -0.3 is 0 Å². The summed E-state index contributed by atoms with van der Waals surface area (Å²) in [6.07, 6.45) is 0.209. The molecule has 0 saturated heterocycles. The first-order chi connectivity index (χ1) is 11.8. The molecule has 1 aliphatic rings. The van der Waals surface area contributed by atoms with E-state index in [0.29, 0.717) is 11.1 Å². The van der Waals surface area contributed by atoms with Crippen molar-refractivity contribution in [2.45, 2.75) is 25.2 Å². The van der Waals surface area contributed by atoms with Crippen molar-refractivity contribution >= 4 is 21.7 Å². The van der Waals surface area contributed by atoms with Gasteiger partial charge in [-0.1, -0.05) is 18.2 Å². The molecule has 0 N–H and O–H groups in total. The number of imide groups is 1. The summed E-state index contributed by atoms with van der Waals surface area (Å²) in [5, 5.41) is 0. The molecule has 2 aromatic rings. The molecule has 0 spiro atoms. The Bertz CT molecular complexity index is 928. The number of aryl methyl sites for hydroxylation is 2. The zero-order valence-electron chi connectivity index (χ0n) is 14.2. The molecule has 5 nitrogen and oxygen atoms in total. The van der Waals surface area contributed by atoms with E-state index >= 15 is 0 Å². The Balaban J connectivity index is 1.68. The number of fused-ring (bicyclic) bond motifs is 1. The third kappa shape index (κ3) is 3.22. The fourth-order valence-corrected chi connectivity index (χ4v) is 4.26. The van der Waals surface area contributed by atoms with E-state index < -0.39 is 9.84 Å². The van der Waals surface area contributed by atoms with Crippen LogP contribution in [0.5, 0.6) is 0 Å². The first-order valence-corrected chi connectivity index (χ1v) is 9.72. The second kappa shape index (κ2) is 6.44. The predicted octanol–water partition coefficient (Wildman–Crippen LogP) is 2.76. The highest BCUT2D eigenvalue weighted by atomic mass is 32.2. The fraction of sp³-hybridized carbons (Fsp3) is 0.263. The van der Waals surface area contributed by atoms with Gasteiger partial charge in [-0.05, 0) is 55.7 Å². The average Bonchev–Trinajstić information content (AvgIpc) is 2.82. The number of nitrogens with zero attached hydrogens (tertiary/aromatic N) is 1. The van der Waals surface area contributed by atoms with Crippen LogP contribution in [0.1, 0.15) is 38.3 Å². The van der Waals surface area contributed by atoms with Crippen LogP contribution < -0.4 is 0 Å². The first-order valence-electron chi connectivity index (χ1n) is 8.06. The SMILES string of the molecule is Cc1ccc(S(=O)(=O)CCCN2C(=O)c3ccccc3C2=O)cc1C. The van der Waals surface area contributed by atoms with Gasteiger partial charge in [0.2, 0.25) is 0 Å². The van der Waals surface area contributed by atoms with Crippen molar-refractivity contribution in [3.05, 3.63) is 64.7 Å². The van der Waals surface area contributed by atoms with Crippen LogP contribution in [0.3, 0.4) is 0 Å². The standard InChI is InChI=1S/C19H19NO4S/c1-13-8-9-15(12-14(13)2)25(23,24)11-5-10-20-18(21)16-6-3-4-7-17(16)19(20)22/h3-4,6-9,12H,5,10-11H2,1-2H3. The van der Waals surface area contributed by atoms with Crippen LogP contribution in [0.25, 0.3) is 0 Å². The van der Waals surface area contributed by atoms with E-state index in [0.717, 1.165) is 16.0 Å². The van der Waals surface area contributed by atoms with E-state index in [1.807, 2.05) is 13.8 Å². The van der Waals surface area contributed by atoms with E-state index in [-0.39, 0.29) is 35.4 Å². The molecule has 0 aliphatic carbocycles. The van der Waals surface area contributed by atoms with E-state index in [2.05, 4.69) is 0 Å². The number of carbonyl (C=O) groups is 2. The number of benzene rings is 2. The Labute approximate surface area is 147 Å². The second-order valence-electron chi connectivity index (χ2n) is 6.23. The molecule has 25 heavy (non-hydrogen) atoms. The maximum Gasteiger partial charge on any atom is 0.261 e. The van der Waals surface area contributed by atoms with E-state index in [9.17, 15) is 18.0 Å². The van der Waals surface area contributed by atoms with Crippen molar-refractivity contribution in [1.29, 1.82) is 0 Å². The Morgan fingerprint density at radius 1 is 0.880 bits per heavy atom. The number of rotatable bonds is 5. The smallest absolute Gasteiger partial charge is 0.261 e. The highest BCUT2D eigenvalue weighted by Gasteiger charge is 2.34. The van der Waals surface area contributed by atoms with Crippen molar-refractivity contribution in [2.24, 2.45) is 0 Å². The minimum Gasteiger partial charge on any atom is -0.274 e. The molecule has 1 heterocycles. The van der Waals surface area contributed by atoms with Gasteiger partial charge in [0, 0.05) is 6.54 Å². The van der Waals surface area contributed by atoms with Crippen molar-refractivity contribution in [3.8, 4) is 0 Å². The van der Waals surface area contributed by atoms with Gasteiger partial charge in [-0.3, -0.25) is 14.5 Å². The van der Waals surface area contributed by atoms with Crippen LogP contribution in [-0.2, 0) is 9.84 Å². The zero-order valence-corrected chi connectivity index (χ0v) is 15.0. The van der Waals surface area contributed by atoms with Gasteiger partial charge in [-0.2, -0.15) is 0 Å². The van der Waals surface area contributed by atoms with Crippen LogP contribution >= 0.6 is 0 Å². The summed E-state index contributed by atoms with van der Waals surface area (Å²) in [5.74, 6) is -0.823. The largest absolute Gasteiger partial charge is 0.274 e. The van der Waals surface area contributed by atoms with Gasteiger partial charge in [0.1, 0.15) is 0 Å². The summed E-state index contributed by atoms with van der Waals surface area (Å²) < 4.78 is 24.9. The molecule has 130 valence electrons. The molecular weight excluding hydrogens is 338 g/mol.